The van der Waals surface area contributed by atoms with Crippen LogP contribution >= 0.6 is 0 Å². The van der Waals surface area contributed by atoms with Crippen LogP contribution in [0, 0.1) is 6.92 Å². The number of fused-ring (bicyclic) bond motifs is 1. The standard InChI is InChI=1S/C38H31BO/c1-28-21-25-34(26-22-28)39(33-17-7-4-8-18-33)38(32-24-23-29-13-9-10-16-31(29)27-32)37(30-14-5-3-6-15-30)35-19-11-12-20-36(35)40-2/h3-27H,1-2H3/b38-37-. The van der Waals surface area contributed by atoms with Gasteiger partial charge in [-0.1, -0.05) is 161 Å². The van der Waals surface area contributed by atoms with Gasteiger partial charge < -0.3 is 4.74 Å². The number of para-hydroxylation sites is 1. The Morgan fingerprint density at radius 3 is 1.85 bits per heavy atom. The van der Waals surface area contributed by atoms with E-state index >= 15 is 0 Å². The van der Waals surface area contributed by atoms with E-state index in [-0.39, 0.29) is 6.71 Å². The first-order valence-electron chi connectivity index (χ1n) is 13.8. The highest BCUT2D eigenvalue weighted by Crippen LogP contribution is 2.39. The molecule has 0 aliphatic carbocycles. The number of aryl methyl sites for hydroxylation is 1. The van der Waals surface area contributed by atoms with E-state index in [9.17, 15) is 0 Å². The van der Waals surface area contributed by atoms with Gasteiger partial charge in [0.1, 0.15) is 5.75 Å². The fourth-order valence-electron chi connectivity index (χ4n) is 5.65. The van der Waals surface area contributed by atoms with Crippen LogP contribution in [0.5, 0.6) is 5.75 Å². The lowest BCUT2D eigenvalue weighted by Crippen LogP contribution is -2.44. The van der Waals surface area contributed by atoms with Crippen molar-refractivity contribution in [2.75, 3.05) is 7.11 Å². The monoisotopic (exact) mass is 514 g/mol. The summed E-state index contributed by atoms with van der Waals surface area (Å²) in [6, 6.07) is 54.4. The smallest absolute Gasteiger partial charge is 0.242 e. The first kappa shape index (κ1) is 25.5. The Kier molecular flexibility index (Phi) is 7.33. The summed E-state index contributed by atoms with van der Waals surface area (Å²) in [5.41, 5.74) is 9.59. The molecule has 6 aromatic rings. The topological polar surface area (TPSA) is 9.23 Å². The lowest BCUT2D eigenvalue weighted by Gasteiger charge is -2.26. The van der Waals surface area contributed by atoms with E-state index in [1.165, 1.54) is 43.9 Å². The van der Waals surface area contributed by atoms with Gasteiger partial charge in [-0.25, -0.2) is 0 Å². The molecule has 40 heavy (non-hydrogen) atoms. The van der Waals surface area contributed by atoms with Gasteiger partial charge in [0.25, 0.3) is 0 Å². The number of methoxy groups -OCH3 is 1. The Balaban J connectivity index is 1.78. The van der Waals surface area contributed by atoms with Crippen molar-refractivity contribution in [2.45, 2.75) is 6.92 Å². The van der Waals surface area contributed by atoms with Crippen LogP contribution in [0.1, 0.15) is 22.3 Å². The molecule has 6 aromatic carbocycles. The third-order valence-corrected chi connectivity index (χ3v) is 7.60. The van der Waals surface area contributed by atoms with Crippen LogP contribution in [0.2, 0.25) is 0 Å². The minimum absolute atomic E-state index is 0.0110. The molecule has 2 heteroatoms. The van der Waals surface area contributed by atoms with Crippen molar-refractivity contribution < 1.29 is 4.74 Å². The molecule has 0 bridgehead atoms. The maximum absolute atomic E-state index is 5.98. The second kappa shape index (κ2) is 11.5. The van der Waals surface area contributed by atoms with Crippen molar-refractivity contribution in [2.24, 2.45) is 0 Å². The molecule has 192 valence electrons. The Bertz CT molecular complexity index is 1770. The zero-order valence-corrected chi connectivity index (χ0v) is 22.9. The van der Waals surface area contributed by atoms with Gasteiger partial charge in [-0.3, -0.25) is 0 Å². The first-order chi connectivity index (χ1) is 19.7. The van der Waals surface area contributed by atoms with Crippen molar-refractivity contribution in [3.8, 4) is 5.75 Å². The third kappa shape index (κ3) is 5.09. The summed E-state index contributed by atoms with van der Waals surface area (Å²) in [6.45, 7) is 2.13. The molecule has 0 N–H and O–H groups in total. The zero-order chi connectivity index (χ0) is 27.3. The molecule has 0 aromatic heterocycles. The summed E-state index contributed by atoms with van der Waals surface area (Å²) < 4.78 is 5.98. The Hall–Kier alpha value is -4.82. The molecule has 0 saturated heterocycles. The number of rotatable bonds is 7. The molecule has 1 nitrogen and oxygen atoms in total. The van der Waals surface area contributed by atoms with Crippen LogP contribution in [0.15, 0.2) is 152 Å². The van der Waals surface area contributed by atoms with Gasteiger partial charge >= 0.3 is 0 Å². The maximum Gasteiger partial charge on any atom is 0.242 e. The summed E-state index contributed by atoms with van der Waals surface area (Å²) in [4.78, 5) is 0. The summed E-state index contributed by atoms with van der Waals surface area (Å²) in [6.07, 6.45) is 0. The summed E-state index contributed by atoms with van der Waals surface area (Å²) in [5, 5.41) is 2.46. The molecule has 0 unspecified atom stereocenters. The molecule has 0 spiro atoms. The minimum atomic E-state index is -0.0110. The highest BCUT2D eigenvalue weighted by atomic mass is 16.5. The van der Waals surface area contributed by atoms with Crippen LogP contribution in [-0.2, 0) is 0 Å². The second-order valence-corrected chi connectivity index (χ2v) is 10.2. The molecule has 0 aliphatic rings. The SMILES string of the molecule is COc1ccccc1/C(=C(\B(c1ccccc1)c1ccc(C)cc1)c1ccc2ccccc2c1)c1ccccc1. The number of benzene rings is 6. The normalized spacial score (nSPS) is 11.7. The van der Waals surface area contributed by atoms with E-state index in [1.54, 1.807) is 7.11 Å². The van der Waals surface area contributed by atoms with Crippen LogP contribution in [-0.4, -0.2) is 13.8 Å². The minimum Gasteiger partial charge on any atom is -0.496 e. The fourth-order valence-corrected chi connectivity index (χ4v) is 5.65. The molecular formula is C38H31BO. The van der Waals surface area contributed by atoms with Crippen molar-refractivity contribution >= 4 is 39.5 Å². The molecule has 6 rings (SSSR count). The molecule has 0 fully saturated rings. The maximum atomic E-state index is 5.98. The third-order valence-electron chi connectivity index (χ3n) is 7.60. The molecule has 0 heterocycles. The van der Waals surface area contributed by atoms with Gasteiger partial charge in [-0.15, -0.1) is 0 Å². The van der Waals surface area contributed by atoms with E-state index in [4.69, 9.17) is 4.74 Å². The average Bonchev–Trinajstić information content (AvgIpc) is 3.02. The Morgan fingerprint density at radius 1 is 0.525 bits per heavy atom. The van der Waals surface area contributed by atoms with Crippen molar-refractivity contribution in [3.05, 3.63) is 174 Å². The molecule has 0 saturated carbocycles. The van der Waals surface area contributed by atoms with E-state index in [2.05, 4.69) is 153 Å². The van der Waals surface area contributed by atoms with E-state index < -0.39 is 0 Å². The first-order valence-corrected chi connectivity index (χ1v) is 13.8. The summed E-state index contributed by atoms with van der Waals surface area (Å²) in [5.74, 6) is 0.857. The fraction of sp³-hybridized carbons (Fsp3) is 0.0526. The highest BCUT2D eigenvalue weighted by Gasteiger charge is 2.30. The van der Waals surface area contributed by atoms with Crippen molar-refractivity contribution in [3.63, 3.8) is 0 Å². The lowest BCUT2D eigenvalue weighted by molar-refractivity contribution is 0.413. The van der Waals surface area contributed by atoms with Gasteiger partial charge in [0.05, 0.1) is 7.11 Å². The Labute approximate surface area is 237 Å². The van der Waals surface area contributed by atoms with Gasteiger partial charge in [0.15, 0.2) is 0 Å². The van der Waals surface area contributed by atoms with Crippen LogP contribution in [0.25, 0.3) is 21.8 Å². The zero-order valence-electron chi connectivity index (χ0n) is 22.9. The van der Waals surface area contributed by atoms with Crippen molar-refractivity contribution in [1.82, 2.24) is 0 Å². The molecule has 0 atom stereocenters. The molecular weight excluding hydrogens is 483 g/mol. The number of ether oxygens (including phenoxy) is 1. The van der Waals surface area contributed by atoms with E-state index in [1.807, 2.05) is 6.07 Å². The molecule has 0 aliphatic heterocycles. The van der Waals surface area contributed by atoms with E-state index in [0.29, 0.717) is 0 Å². The van der Waals surface area contributed by atoms with Crippen LogP contribution < -0.4 is 15.7 Å². The number of hydrogen-bond acceptors (Lipinski definition) is 1. The van der Waals surface area contributed by atoms with Crippen LogP contribution in [0.3, 0.4) is 0 Å². The summed E-state index contributed by atoms with van der Waals surface area (Å²) >= 11 is 0. The lowest BCUT2D eigenvalue weighted by atomic mass is 9.34. The predicted molar refractivity (Wildman–Crippen MR) is 172 cm³/mol. The highest BCUT2D eigenvalue weighted by molar-refractivity contribution is 7.01. The number of hydrogen-bond donors (Lipinski definition) is 0. The predicted octanol–water partition coefficient (Wildman–Crippen LogP) is 7.96. The van der Waals surface area contributed by atoms with Gasteiger partial charge in [0.2, 0.25) is 6.71 Å². The van der Waals surface area contributed by atoms with Gasteiger partial charge in [-0.2, -0.15) is 0 Å². The largest absolute Gasteiger partial charge is 0.496 e. The average molecular weight is 514 g/mol. The Morgan fingerprint density at radius 2 is 1.12 bits per heavy atom. The van der Waals surface area contributed by atoms with Crippen molar-refractivity contribution in [1.29, 1.82) is 0 Å². The van der Waals surface area contributed by atoms with E-state index in [0.717, 1.165) is 16.9 Å². The molecule has 0 radical (unpaired) electrons. The second-order valence-electron chi connectivity index (χ2n) is 10.2. The quantitative estimate of drug-likeness (QED) is 0.155. The molecule has 0 amide bonds. The summed E-state index contributed by atoms with van der Waals surface area (Å²) in [7, 11) is 1.76. The van der Waals surface area contributed by atoms with Crippen LogP contribution in [0.4, 0.5) is 0 Å². The van der Waals surface area contributed by atoms with Gasteiger partial charge in [-0.05, 0) is 46.5 Å². The van der Waals surface area contributed by atoms with Gasteiger partial charge in [0, 0.05) is 5.56 Å².